The van der Waals surface area contributed by atoms with E-state index in [-0.39, 0.29) is 5.56 Å². The number of aryl methyl sites for hydroxylation is 1. The van der Waals surface area contributed by atoms with Crippen molar-refractivity contribution in [3.63, 3.8) is 0 Å². The van der Waals surface area contributed by atoms with Crippen molar-refractivity contribution in [1.29, 1.82) is 0 Å². The number of thiophene rings is 1. The monoisotopic (exact) mass is 366 g/mol. The van der Waals surface area contributed by atoms with Gasteiger partial charge in [-0.25, -0.2) is 4.98 Å². The molecular weight excluding hydrogens is 352 g/mol. The average molecular weight is 367 g/mol. The zero-order valence-electron chi connectivity index (χ0n) is 13.6. The van der Waals surface area contributed by atoms with Gasteiger partial charge in [-0.15, -0.1) is 11.3 Å². The first-order valence-corrected chi connectivity index (χ1v) is 9.16. The fraction of sp³-hybridized carbons (Fsp3) is 0.100. The minimum Gasteiger partial charge on any atom is -0.294 e. The van der Waals surface area contributed by atoms with E-state index in [1.807, 2.05) is 41.8 Å². The van der Waals surface area contributed by atoms with Crippen molar-refractivity contribution in [2.45, 2.75) is 13.5 Å². The van der Waals surface area contributed by atoms with Crippen LogP contribution < -0.4 is 5.56 Å². The van der Waals surface area contributed by atoms with Gasteiger partial charge in [-0.05, 0) is 30.2 Å². The number of hydrogen-bond acceptors (Lipinski definition) is 3. The topological polar surface area (TPSA) is 34.9 Å². The van der Waals surface area contributed by atoms with Crippen LogP contribution in [0, 0.1) is 6.92 Å². The summed E-state index contributed by atoms with van der Waals surface area (Å²) in [5.74, 6) is 0. The van der Waals surface area contributed by atoms with Crippen LogP contribution in [0.2, 0.25) is 5.02 Å². The molecule has 0 saturated carbocycles. The Bertz CT molecular complexity index is 1130. The molecule has 0 atom stereocenters. The molecule has 0 amide bonds. The smallest absolute Gasteiger partial charge is 0.271 e. The molecule has 0 bridgehead atoms. The molecule has 0 saturated heterocycles. The van der Waals surface area contributed by atoms with Gasteiger partial charge in [0.15, 0.2) is 0 Å². The van der Waals surface area contributed by atoms with Crippen LogP contribution >= 0.6 is 22.9 Å². The molecular formula is C20H15ClN2OS. The van der Waals surface area contributed by atoms with Gasteiger partial charge in [0.25, 0.3) is 5.56 Å². The van der Waals surface area contributed by atoms with Gasteiger partial charge in [-0.2, -0.15) is 0 Å². The third kappa shape index (κ3) is 3.11. The predicted octanol–water partition coefficient (Wildman–Crippen LogP) is 5.14. The summed E-state index contributed by atoms with van der Waals surface area (Å²) in [6, 6.07) is 15.8. The minimum atomic E-state index is -0.0196. The van der Waals surface area contributed by atoms with E-state index < -0.39 is 0 Å². The summed E-state index contributed by atoms with van der Waals surface area (Å²) in [5.41, 5.74) is 5.01. The molecule has 4 rings (SSSR count). The normalized spacial score (nSPS) is 11.1. The lowest BCUT2D eigenvalue weighted by Crippen LogP contribution is -2.20. The van der Waals surface area contributed by atoms with Crippen molar-refractivity contribution in [3.8, 4) is 11.1 Å². The molecule has 124 valence electrons. The molecule has 0 N–H and O–H groups in total. The SMILES string of the molecule is Cc1cccc(-c2csc3c(=O)n(Cc4cccc(Cl)c4)cnc23)c1. The highest BCUT2D eigenvalue weighted by molar-refractivity contribution is 7.17. The number of nitrogens with zero attached hydrogens (tertiary/aromatic N) is 2. The van der Waals surface area contributed by atoms with E-state index in [4.69, 9.17) is 11.6 Å². The predicted molar refractivity (Wildman–Crippen MR) is 105 cm³/mol. The zero-order chi connectivity index (χ0) is 17.4. The van der Waals surface area contributed by atoms with Crippen LogP contribution in [-0.4, -0.2) is 9.55 Å². The first-order chi connectivity index (χ1) is 12.1. The van der Waals surface area contributed by atoms with E-state index in [0.717, 1.165) is 22.2 Å². The number of fused-ring (bicyclic) bond motifs is 1. The highest BCUT2D eigenvalue weighted by Gasteiger charge is 2.13. The van der Waals surface area contributed by atoms with Gasteiger partial charge >= 0.3 is 0 Å². The molecule has 0 aliphatic rings. The Labute approximate surface area is 154 Å². The van der Waals surface area contributed by atoms with E-state index in [9.17, 15) is 4.79 Å². The quantitative estimate of drug-likeness (QED) is 0.503. The Hall–Kier alpha value is -2.43. The van der Waals surface area contributed by atoms with Crippen molar-refractivity contribution in [2.75, 3.05) is 0 Å². The maximum absolute atomic E-state index is 12.8. The van der Waals surface area contributed by atoms with E-state index in [0.29, 0.717) is 16.3 Å². The van der Waals surface area contributed by atoms with Gasteiger partial charge in [0.1, 0.15) is 4.70 Å². The summed E-state index contributed by atoms with van der Waals surface area (Å²) in [6.07, 6.45) is 1.62. The lowest BCUT2D eigenvalue weighted by molar-refractivity contribution is 0.750. The van der Waals surface area contributed by atoms with Crippen LogP contribution in [0.15, 0.2) is 65.0 Å². The molecule has 0 spiro atoms. The molecule has 25 heavy (non-hydrogen) atoms. The molecule has 5 heteroatoms. The Morgan fingerprint density at radius 2 is 2.00 bits per heavy atom. The van der Waals surface area contributed by atoms with Crippen LogP contribution in [0.5, 0.6) is 0 Å². The standard InChI is InChI=1S/C20H15ClN2OS/c1-13-4-2-6-15(8-13)17-11-25-19-18(17)22-12-23(20(19)24)10-14-5-3-7-16(21)9-14/h2-9,11-12H,10H2,1H3. The number of hydrogen-bond donors (Lipinski definition) is 0. The minimum absolute atomic E-state index is 0.0196. The van der Waals surface area contributed by atoms with Crippen LogP contribution in [0.3, 0.4) is 0 Å². The first-order valence-electron chi connectivity index (χ1n) is 7.90. The molecule has 0 fully saturated rings. The number of benzene rings is 2. The van der Waals surface area contributed by atoms with Crippen molar-refractivity contribution < 1.29 is 0 Å². The maximum Gasteiger partial charge on any atom is 0.271 e. The van der Waals surface area contributed by atoms with Crippen molar-refractivity contribution in [3.05, 3.63) is 86.7 Å². The van der Waals surface area contributed by atoms with Gasteiger partial charge in [-0.3, -0.25) is 9.36 Å². The van der Waals surface area contributed by atoms with Crippen molar-refractivity contribution in [1.82, 2.24) is 9.55 Å². The highest BCUT2D eigenvalue weighted by atomic mass is 35.5. The Kier molecular flexibility index (Phi) is 4.15. The van der Waals surface area contributed by atoms with Gasteiger partial charge in [0, 0.05) is 16.0 Å². The van der Waals surface area contributed by atoms with Crippen LogP contribution in [0.4, 0.5) is 0 Å². The summed E-state index contributed by atoms with van der Waals surface area (Å²) < 4.78 is 2.31. The summed E-state index contributed by atoms with van der Waals surface area (Å²) >= 11 is 7.48. The second kappa shape index (κ2) is 6.47. The first kappa shape index (κ1) is 16.1. The Morgan fingerprint density at radius 1 is 1.16 bits per heavy atom. The molecule has 2 heterocycles. The molecule has 4 aromatic rings. The number of halogens is 1. The number of aromatic nitrogens is 2. The van der Waals surface area contributed by atoms with E-state index in [2.05, 4.69) is 24.0 Å². The summed E-state index contributed by atoms with van der Waals surface area (Å²) in [4.78, 5) is 17.4. The third-order valence-corrected chi connectivity index (χ3v) is 5.31. The lowest BCUT2D eigenvalue weighted by Gasteiger charge is -2.06. The Balaban J connectivity index is 1.78. The van der Waals surface area contributed by atoms with E-state index in [1.165, 1.54) is 16.9 Å². The van der Waals surface area contributed by atoms with Crippen LogP contribution in [0.25, 0.3) is 21.3 Å². The zero-order valence-corrected chi connectivity index (χ0v) is 15.1. The molecule has 0 unspecified atom stereocenters. The Morgan fingerprint density at radius 3 is 2.80 bits per heavy atom. The molecule has 0 aliphatic carbocycles. The van der Waals surface area contributed by atoms with Crippen LogP contribution in [-0.2, 0) is 6.54 Å². The molecule has 2 aromatic heterocycles. The van der Waals surface area contributed by atoms with Crippen molar-refractivity contribution >= 4 is 33.2 Å². The second-order valence-corrected chi connectivity index (χ2v) is 7.32. The van der Waals surface area contributed by atoms with Crippen molar-refractivity contribution in [2.24, 2.45) is 0 Å². The van der Waals surface area contributed by atoms with E-state index >= 15 is 0 Å². The molecule has 3 nitrogen and oxygen atoms in total. The fourth-order valence-electron chi connectivity index (χ4n) is 2.90. The second-order valence-electron chi connectivity index (χ2n) is 6.00. The van der Waals surface area contributed by atoms with Crippen LogP contribution in [0.1, 0.15) is 11.1 Å². The molecule has 0 radical (unpaired) electrons. The van der Waals surface area contributed by atoms with Gasteiger partial charge in [0.05, 0.1) is 18.4 Å². The molecule has 0 aliphatic heterocycles. The summed E-state index contributed by atoms with van der Waals surface area (Å²) in [7, 11) is 0. The maximum atomic E-state index is 12.8. The van der Waals surface area contributed by atoms with E-state index in [1.54, 1.807) is 10.9 Å². The van der Waals surface area contributed by atoms with Gasteiger partial charge < -0.3 is 0 Å². The van der Waals surface area contributed by atoms with Gasteiger partial charge in [-0.1, -0.05) is 53.6 Å². The summed E-state index contributed by atoms with van der Waals surface area (Å²) in [6.45, 7) is 2.52. The molecule has 2 aromatic carbocycles. The van der Waals surface area contributed by atoms with Gasteiger partial charge in [0.2, 0.25) is 0 Å². The number of rotatable bonds is 3. The summed E-state index contributed by atoms with van der Waals surface area (Å²) in [5, 5.41) is 2.68. The fourth-order valence-corrected chi connectivity index (χ4v) is 4.09. The third-order valence-electron chi connectivity index (χ3n) is 4.12. The average Bonchev–Trinajstić information content (AvgIpc) is 3.02. The lowest BCUT2D eigenvalue weighted by atomic mass is 10.1. The largest absolute Gasteiger partial charge is 0.294 e. The highest BCUT2D eigenvalue weighted by Crippen LogP contribution is 2.31.